The number of nitrogens with two attached hydrogens (primary N) is 1. The SMILES string of the molecule is NC(=O)c1ccc(NC(=O)c2ccc(S(=O)(=O)NCc3ccco3)cc2)cc1. The summed E-state index contributed by atoms with van der Waals surface area (Å²) in [7, 11) is -3.74. The van der Waals surface area contributed by atoms with E-state index in [4.69, 9.17) is 10.2 Å². The number of carbonyl (C=O) groups excluding carboxylic acids is 2. The number of carbonyl (C=O) groups is 2. The zero-order chi connectivity index (χ0) is 20.1. The predicted molar refractivity (Wildman–Crippen MR) is 102 cm³/mol. The number of furan rings is 1. The molecule has 3 aromatic rings. The Morgan fingerprint density at radius 1 is 0.929 bits per heavy atom. The van der Waals surface area contributed by atoms with Gasteiger partial charge < -0.3 is 15.5 Å². The van der Waals surface area contributed by atoms with E-state index in [2.05, 4.69) is 10.0 Å². The van der Waals surface area contributed by atoms with Crippen LogP contribution < -0.4 is 15.8 Å². The van der Waals surface area contributed by atoms with E-state index in [1.807, 2.05) is 0 Å². The van der Waals surface area contributed by atoms with Crippen molar-refractivity contribution in [1.82, 2.24) is 4.72 Å². The summed E-state index contributed by atoms with van der Waals surface area (Å²) < 4.78 is 32.1. The molecule has 2 amide bonds. The summed E-state index contributed by atoms with van der Waals surface area (Å²) in [6.45, 7) is 0.0267. The molecule has 9 heteroatoms. The summed E-state index contributed by atoms with van der Waals surface area (Å²) in [5, 5.41) is 2.66. The van der Waals surface area contributed by atoms with Gasteiger partial charge in [-0.05, 0) is 60.7 Å². The first-order valence-electron chi connectivity index (χ1n) is 8.18. The van der Waals surface area contributed by atoms with Crippen molar-refractivity contribution in [1.29, 1.82) is 0 Å². The minimum absolute atomic E-state index is 0.0267. The normalized spacial score (nSPS) is 11.1. The average molecular weight is 399 g/mol. The lowest BCUT2D eigenvalue weighted by atomic mass is 10.2. The summed E-state index contributed by atoms with van der Waals surface area (Å²) in [5.74, 6) is -0.489. The third-order valence-electron chi connectivity index (χ3n) is 3.87. The first-order chi connectivity index (χ1) is 13.3. The topological polar surface area (TPSA) is 132 Å². The lowest BCUT2D eigenvalue weighted by Crippen LogP contribution is -2.23. The molecular formula is C19H17N3O5S. The first-order valence-corrected chi connectivity index (χ1v) is 9.67. The minimum Gasteiger partial charge on any atom is -0.468 e. The maximum absolute atomic E-state index is 12.3. The molecule has 144 valence electrons. The Bertz CT molecular complexity index is 1070. The lowest BCUT2D eigenvalue weighted by molar-refractivity contribution is 0.0998. The van der Waals surface area contributed by atoms with Gasteiger partial charge in [-0.3, -0.25) is 9.59 Å². The quantitative estimate of drug-likeness (QED) is 0.560. The monoisotopic (exact) mass is 399 g/mol. The number of sulfonamides is 1. The second-order valence-electron chi connectivity index (χ2n) is 5.82. The van der Waals surface area contributed by atoms with E-state index in [1.54, 1.807) is 24.3 Å². The van der Waals surface area contributed by atoms with E-state index in [0.29, 0.717) is 17.0 Å². The van der Waals surface area contributed by atoms with Crippen molar-refractivity contribution >= 4 is 27.5 Å². The van der Waals surface area contributed by atoms with Gasteiger partial charge in [-0.15, -0.1) is 0 Å². The third kappa shape index (κ3) is 4.64. The highest BCUT2D eigenvalue weighted by Gasteiger charge is 2.15. The number of hydrogen-bond donors (Lipinski definition) is 3. The van der Waals surface area contributed by atoms with Gasteiger partial charge in [-0.2, -0.15) is 0 Å². The summed E-state index contributed by atoms with van der Waals surface area (Å²) in [6.07, 6.45) is 1.46. The number of anilines is 1. The standard InChI is InChI=1S/C19H17N3O5S/c20-18(23)13-3-7-15(8-4-13)22-19(24)14-5-9-17(10-6-14)28(25,26)21-12-16-2-1-11-27-16/h1-11,21H,12H2,(H2,20,23)(H,22,24). The Morgan fingerprint density at radius 2 is 1.57 bits per heavy atom. The van der Waals surface area contributed by atoms with E-state index in [0.717, 1.165) is 0 Å². The second-order valence-corrected chi connectivity index (χ2v) is 7.59. The number of primary amides is 1. The smallest absolute Gasteiger partial charge is 0.255 e. The van der Waals surface area contributed by atoms with Crippen LogP contribution in [0.4, 0.5) is 5.69 Å². The predicted octanol–water partition coefficient (Wildman–Crippen LogP) is 2.11. The molecule has 0 saturated heterocycles. The van der Waals surface area contributed by atoms with Gasteiger partial charge in [-0.25, -0.2) is 13.1 Å². The van der Waals surface area contributed by atoms with Crippen LogP contribution in [0.2, 0.25) is 0 Å². The van der Waals surface area contributed by atoms with E-state index in [9.17, 15) is 18.0 Å². The zero-order valence-electron chi connectivity index (χ0n) is 14.6. The van der Waals surface area contributed by atoms with Crippen LogP contribution in [-0.4, -0.2) is 20.2 Å². The number of amides is 2. The fraction of sp³-hybridized carbons (Fsp3) is 0.0526. The van der Waals surface area contributed by atoms with Gasteiger partial charge in [-0.1, -0.05) is 0 Å². The molecule has 0 spiro atoms. The van der Waals surface area contributed by atoms with Gasteiger partial charge in [0.1, 0.15) is 5.76 Å². The number of nitrogens with one attached hydrogen (secondary N) is 2. The maximum Gasteiger partial charge on any atom is 0.255 e. The van der Waals surface area contributed by atoms with Gasteiger partial charge in [0.25, 0.3) is 5.91 Å². The fourth-order valence-corrected chi connectivity index (χ4v) is 3.36. The number of rotatable bonds is 7. The molecule has 28 heavy (non-hydrogen) atoms. The molecule has 3 rings (SSSR count). The van der Waals surface area contributed by atoms with Crippen LogP contribution in [-0.2, 0) is 16.6 Å². The average Bonchev–Trinajstić information content (AvgIpc) is 3.21. The van der Waals surface area contributed by atoms with Crippen LogP contribution in [0.15, 0.2) is 76.2 Å². The summed E-state index contributed by atoms with van der Waals surface area (Å²) in [4.78, 5) is 23.4. The Kier molecular flexibility index (Phi) is 5.57. The lowest BCUT2D eigenvalue weighted by Gasteiger charge is -2.08. The molecule has 0 bridgehead atoms. The molecule has 0 radical (unpaired) electrons. The fourth-order valence-electron chi connectivity index (χ4n) is 2.37. The van der Waals surface area contributed by atoms with Crippen LogP contribution in [0.25, 0.3) is 0 Å². The largest absolute Gasteiger partial charge is 0.468 e. The molecule has 2 aromatic carbocycles. The third-order valence-corrected chi connectivity index (χ3v) is 5.29. The Balaban J connectivity index is 1.65. The molecule has 8 nitrogen and oxygen atoms in total. The summed E-state index contributed by atoms with van der Waals surface area (Å²) in [6, 6.07) is 14.9. The van der Waals surface area contributed by atoms with Gasteiger partial charge in [0, 0.05) is 16.8 Å². The van der Waals surface area contributed by atoms with Gasteiger partial charge in [0.2, 0.25) is 15.9 Å². The Labute approximate surface area is 161 Å². The molecule has 4 N–H and O–H groups in total. The van der Waals surface area contributed by atoms with Crippen LogP contribution in [0.5, 0.6) is 0 Å². The van der Waals surface area contributed by atoms with Crippen molar-refractivity contribution in [3.8, 4) is 0 Å². The number of hydrogen-bond acceptors (Lipinski definition) is 5. The molecular weight excluding hydrogens is 382 g/mol. The van der Waals surface area contributed by atoms with Crippen molar-refractivity contribution < 1.29 is 22.4 Å². The molecule has 1 heterocycles. The van der Waals surface area contributed by atoms with Crippen molar-refractivity contribution in [2.24, 2.45) is 5.73 Å². The van der Waals surface area contributed by atoms with Crippen molar-refractivity contribution in [2.45, 2.75) is 11.4 Å². The first kappa shape index (κ1) is 19.3. The van der Waals surface area contributed by atoms with E-state index < -0.39 is 21.8 Å². The van der Waals surface area contributed by atoms with Gasteiger partial charge >= 0.3 is 0 Å². The van der Waals surface area contributed by atoms with Crippen LogP contribution in [0.3, 0.4) is 0 Å². The number of benzene rings is 2. The highest BCUT2D eigenvalue weighted by atomic mass is 32.2. The summed E-state index contributed by atoms with van der Waals surface area (Å²) in [5.41, 5.74) is 6.26. The molecule has 0 aliphatic rings. The van der Waals surface area contributed by atoms with Crippen molar-refractivity contribution in [3.05, 3.63) is 83.8 Å². The molecule has 0 unspecified atom stereocenters. The van der Waals surface area contributed by atoms with Crippen LogP contribution in [0, 0.1) is 0 Å². The Morgan fingerprint density at radius 3 is 2.14 bits per heavy atom. The minimum atomic E-state index is -3.74. The molecule has 1 aromatic heterocycles. The van der Waals surface area contributed by atoms with Gasteiger partial charge in [0.15, 0.2) is 0 Å². The van der Waals surface area contributed by atoms with Gasteiger partial charge in [0.05, 0.1) is 17.7 Å². The van der Waals surface area contributed by atoms with E-state index in [-0.39, 0.29) is 17.0 Å². The second kappa shape index (κ2) is 8.07. The maximum atomic E-state index is 12.3. The molecule has 0 atom stereocenters. The zero-order valence-corrected chi connectivity index (χ0v) is 15.4. The molecule has 0 fully saturated rings. The molecule has 0 saturated carbocycles. The van der Waals surface area contributed by atoms with E-state index >= 15 is 0 Å². The molecule has 0 aliphatic carbocycles. The highest BCUT2D eigenvalue weighted by Crippen LogP contribution is 2.14. The van der Waals surface area contributed by atoms with Crippen LogP contribution >= 0.6 is 0 Å². The highest BCUT2D eigenvalue weighted by molar-refractivity contribution is 7.89. The molecule has 0 aliphatic heterocycles. The van der Waals surface area contributed by atoms with Crippen LogP contribution in [0.1, 0.15) is 26.5 Å². The van der Waals surface area contributed by atoms with E-state index in [1.165, 1.54) is 42.7 Å². The Hall–Kier alpha value is -3.43. The summed E-state index contributed by atoms with van der Waals surface area (Å²) >= 11 is 0. The van der Waals surface area contributed by atoms with Crippen molar-refractivity contribution in [2.75, 3.05) is 5.32 Å². The van der Waals surface area contributed by atoms with Crippen molar-refractivity contribution in [3.63, 3.8) is 0 Å².